The average Bonchev–Trinajstić information content (AvgIpc) is 2.45. The molecule has 0 fully saturated rings. The Labute approximate surface area is 113 Å². The summed E-state index contributed by atoms with van der Waals surface area (Å²) in [6.45, 7) is 4.19. The van der Waals surface area contributed by atoms with E-state index in [1.807, 2.05) is 24.4 Å². The molecule has 2 aromatic rings. The van der Waals surface area contributed by atoms with Gasteiger partial charge in [0.05, 0.1) is 0 Å². The molecule has 1 heterocycles. The van der Waals surface area contributed by atoms with Crippen molar-refractivity contribution >= 4 is 0 Å². The van der Waals surface area contributed by atoms with Gasteiger partial charge in [0.2, 0.25) is 0 Å². The zero-order valence-corrected chi connectivity index (χ0v) is 11.3. The van der Waals surface area contributed by atoms with Crippen molar-refractivity contribution in [2.75, 3.05) is 0 Å². The Kier molecular flexibility index (Phi) is 4.63. The summed E-state index contributed by atoms with van der Waals surface area (Å²) in [6.07, 6.45) is 4.53. The third-order valence-electron chi connectivity index (χ3n) is 3.29. The van der Waals surface area contributed by atoms with Crippen LogP contribution in [0.15, 0.2) is 48.8 Å². The standard InChI is InChI=1S/C16H19FN2/c1-3-16(13-6-4-8-15(17)10-13)19-12(2)14-7-5-9-18-11-14/h4-12,16,19H,3H2,1-2H3. The molecule has 2 unspecified atom stereocenters. The molecule has 1 N–H and O–H groups in total. The van der Waals surface area contributed by atoms with E-state index in [2.05, 4.69) is 24.1 Å². The number of benzene rings is 1. The molecule has 0 saturated carbocycles. The number of hydrogen-bond acceptors (Lipinski definition) is 2. The predicted molar refractivity (Wildman–Crippen MR) is 75.2 cm³/mol. The third kappa shape index (κ3) is 3.61. The molecule has 1 aromatic heterocycles. The van der Waals surface area contributed by atoms with E-state index in [0.717, 1.165) is 17.5 Å². The van der Waals surface area contributed by atoms with Crippen LogP contribution in [0.3, 0.4) is 0 Å². The van der Waals surface area contributed by atoms with Crippen molar-refractivity contribution in [3.8, 4) is 0 Å². The second-order valence-electron chi connectivity index (χ2n) is 4.69. The van der Waals surface area contributed by atoms with Gasteiger partial charge in [0.25, 0.3) is 0 Å². The fourth-order valence-corrected chi connectivity index (χ4v) is 2.20. The molecule has 1 aromatic carbocycles. The van der Waals surface area contributed by atoms with Gasteiger partial charge >= 0.3 is 0 Å². The number of rotatable bonds is 5. The van der Waals surface area contributed by atoms with Crippen LogP contribution in [0.1, 0.15) is 43.5 Å². The van der Waals surface area contributed by atoms with E-state index in [1.165, 1.54) is 6.07 Å². The topological polar surface area (TPSA) is 24.9 Å². The number of aromatic nitrogens is 1. The molecule has 0 aliphatic heterocycles. The van der Waals surface area contributed by atoms with Crippen molar-refractivity contribution in [3.05, 3.63) is 65.7 Å². The lowest BCUT2D eigenvalue weighted by Crippen LogP contribution is -2.24. The van der Waals surface area contributed by atoms with Crippen molar-refractivity contribution in [2.24, 2.45) is 0 Å². The van der Waals surface area contributed by atoms with Gasteiger partial charge in [-0.05, 0) is 42.7 Å². The van der Waals surface area contributed by atoms with Crippen molar-refractivity contribution in [1.82, 2.24) is 10.3 Å². The second-order valence-corrected chi connectivity index (χ2v) is 4.69. The van der Waals surface area contributed by atoms with Gasteiger partial charge in [0, 0.05) is 24.5 Å². The zero-order chi connectivity index (χ0) is 13.7. The molecule has 2 nitrogen and oxygen atoms in total. The molecule has 0 radical (unpaired) electrons. The first-order valence-corrected chi connectivity index (χ1v) is 6.62. The highest BCUT2D eigenvalue weighted by Crippen LogP contribution is 2.22. The lowest BCUT2D eigenvalue weighted by molar-refractivity contribution is 0.453. The Balaban J connectivity index is 2.11. The minimum Gasteiger partial charge on any atom is -0.303 e. The molecule has 0 saturated heterocycles. The molecular weight excluding hydrogens is 239 g/mol. The monoisotopic (exact) mass is 258 g/mol. The number of nitrogens with one attached hydrogen (secondary N) is 1. The second kappa shape index (κ2) is 6.43. The Morgan fingerprint density at radius 1 is 1.21 bits per heavy atom. The molecule has 3 heteroatoms. The average molecular weight is 258 g/mol. The minimum absolute atomic E-state index is 0.144. The number of pyridine rings is 1. The molecule has 0 aliphatic rings. The van der Waals surface area contributed by atoms with E-state index in [0.29, 0.717) is 0 Å². The highest BCUT2D eigenvalue weighted by molar-refractivity contribution is 5.21. The van der Waals surface area contributed by atoms with Crippen LogP contribution in [-0.4, -0.2) is 4.98 Å². The van der Waals surface area contributed by atoms with Gasteiger partial charge < -0.3 is 5.32 Å². The fourth-order valence-electron chi connectivity index (χ4n) is 2.20. The summed E-state index contributed by atoms with van der Waals surface area (Å²) in [6, 6.07) is 11.1. The number of halogens is 1. The first kappa shape index (κ1) is 13.7. The normalized spacial score (nSPS) is 14.1. The molecule has 0 spiro atoms. The highest BCUT2D eigenvalue weighted by atomic mass is 19.1. The molecule has 2 atom stereocenters. The molecule has 19 heavy (non-hydrogen) atoms. The molecule has 0 bridgehead atoms. The van der Waals surface area contributed by atoms with Crippen LogP contribution >= 0.6 is 0 Å². The minimum atomic E-state index is -0.188. The maximum absolute atomic E-state index is 13.3. The smallest absolute Gasteiger partial charge is 0.123 e. The summed E-state index contributed by atoms with van der Waals surface area (Å²) in [5.41, 5.74) is 2.12. The molecule has 100 valence electrons. The quantitative estimate of drug-likeness (QED) is 0.876. The van der Waals surface area contributed by atoms with E-state index in [4.69, 9.17) is 0 Å². The third-order valence-corrected chi connectivity index (χ3v) is 3.29. The summed E-state index contributed by atoms with van der Waals surface area (Å²) in [5.74, 6) is -0.188. The van der Waals surface area contributed by atoms with Crippen LogP contribution < -0.4 is 5.32 Å². The molecular formula is C16H19FN2. The summed E-state index contributed by atoms with van der Waals surface area (Å²) in [5, 5.41) is 3.52. The van der Waals surface area contributed by atoms with E-state index in [1.54, 1.807) is 18.3 Å². The van der Waals surface area contributed by atoms with Crippen molar-refractivity contribution in [2.45, 2.75) is 32.4 Å². The van der Waals surface area contributed by atoms with Gasteiger partial charge in [-0.1, -0.05) is 25.1 Å². The Bertz CT molecular complexity index is 513. The van der Waals surface area contributed by atoms with E-state index in [-0.39, 0.29) is 17.9 Å². The molecule has 2 rings (SSSR count). The van der Waals surface area contributed by atoms with E-state index in [9.17, 15) is 4.39 Å². The van der Waals surface area contributed by atoms with E-state index >= 15 is 0 Å². The SMILES string of the molecule is CCC(NC(C)c1cccnc1)c1cccc(F)c1. The molecule has 0 amide bonds. The van der Waals surface area contributed by atoms with Crippen LogP contribution in [-0.2, 0) is 0 Å². The zero-order valence-electron chi connectivity index (χ0n) is 11.3. The van der Waals surface area contributed by atoms with Crippen LogP contribution in [0.25, 0.3) is 0 Å². The first-order valence-electron chi connectivity index (χ1n) is 6.62. The fraction of sp³-hybridized carbons (Fsp3) is 0.312. The van der Waals surface area contributed by atoms with E-state index < -0.39 is 0 Å². The van der Waals surface area contributed by atoms with Crippen molar-refractivity contribution in [1.29, 1.82) is 0 Å². The van der Waals surface area contributed by atoms with Gasteiger partial charge in [-0.25, -0.2) is 4.39 Å². The van der Waals surface area contributed by atoms with Gasteiger partial charge in [0.15, 0.2) is 0 Å². The first-order chi connectivity index (χ1) is 9.20. The van der Waals surface area contributed by atoms with Crippen LogP contribution in [0, 0.1) is 5.82 Å². The van der Waals surface area contributed by atoms with Crippen LogP contribution in [0.2, 0.25) is 0 Å². The largest absolute Gasteiger partial charge is 0.303 e. The van der Waals surface area contributed by atoms with Crippen molar-refractivity contribution in [3.63, 3.8) is 0 Å². The summed E-state index contributed by atoms with van der Waals surface area (Å²) in [4.78, 5) is 4.13. The van der Waals surface area contributed by atoms with Gasteiger partial charge in [-0.2, -0.15) is 0 Å². The number of hydrogen-bond donors (Lipinski definition) is 1. The van der Waals surface area contributed by atoms with Gasteiger partial charge in [-0.15, -0.1) is 0 Å². The summed E-state index contributed by atoms with van der Waals surface area (Å²) < 4.78 is 13.3. The lowest BCUT2D eigenvalue weighted by Gasteiger charge is -2.23. The number of nitrogens with zero attached hydrogens (tertiary/aromatic N) is 1. The summed E-state index contributed by atoms with van der Waals surface area (Å²) in [7, 11) is 0. The maximum Gasteiger partial charge on any atom is 0.123 e. The maximum atomic E-state index is 13.3. The van der Waals surface area contributed by atoms with Crippen molar-refractivity contribution < 1.29 is 4.39 Å². The molecule has 0 aliphatic carbocycles. The Morgan fingerprint density at radius 3 is 2.63 bits per heavy atom. The van der Waals surface area contributed by atoms with Crippen LogP contribution in [0.4, 0.5) is 4.39 Å². The predicted octanol–water partition coefficient (Wildman–Crippen LogP) is 4.02. The lowest BCUT2D eigenvalue weighted by atomic mass is 10.0. The van der Waals surface area contributed by atoms with Gasteiger partial charge in [0.1, 0.15) is 5.82 Å². The Hall–Kier alpha value is -1.74. The van der Waals surface area contributed by atoms with Gasteiger partial charge in [-0.3, -0.25) is 4.98 Å². The summed E-state index contributed by atoms with van der Waals surface area (Å²) >= 11 is 0. The highest BCUT2D eigenvalue weighted by Gasteiger charge is 2.14. The Morgan fingerprint density at radius 2 is 2.00 bits per heavy atom. The van der Waals surface area contributed by atoms with Crippen LogP contribution in [0.5, 0.6) is 0 Å².